The lowest BCUT2D eigenvalue weighted by Gasteiger charge is -2.43. The molecule has 0 aromatic carbocycles. The van der Waals surface area contributed by atoms with Crippen LogP contribution in [0.15, 0.2) is 29.3 Å². The minimum Gasteiger partial charge on any atom is -0.392 e. The van der Waals surface area contributed by atoms with E-state index in [-0.39, 0.29) is 11.7 Å². The number of aliphatic hydroxyl groups is 1. The maximum Gasteiger partial charge on any atom is 0.255 e. The fraction of sp³-hybridized carbons (Fsp3) is 0.591. The second-order valence-electron chi connectivity index (χ2n) is 8.91. The van der Waals surface area contributed by atoms with E-state index >= 15 is 0 Å². The third kappa shape index (κ3) is 3.58. The molecule has 2 aromatic rings. The van der Waals surface area contributed by atoms with Crippen molar-refractivity contribution in [3.05, 3.63) is 46.1 Å². The maximum absolute atomic E-state index is 13.3. The number of anilines is 2. The Morgan fingerprint density at radius 2 is 2.03 bits per heavy atom. The van der Waals surface area contributed by atoms with Gasteiger partial charge in [-0.15, -0.1) is 0 Å². The molecule has 2 N–H and O–H groups in total. The van der Waals surface area contributed by atoms with Gasteiger partial charge in [-0.05, 0) is 37.8 Å². The van der Waals surface area contributed by atoms with Gasteiger partial charge in [0.05, 0.1) is 6.10 Å². The van der Waals surface area contributed by atoms with E-state index in [2.05, 4.69) is 31.2 Å². The van der Waals surface area contributed by atoms with Gasteiger partial charge in [-0.3, -0.25) is 9.69 Å². The Balaban J connectivity index is 1.39. The summed E-state index contributed by atoms with van der Waals surface area (Å²) in [5.41, 5.74) is 2.13. The molecule has 0 spiro atoms. The molecule has 2 aromatic heterocycles. The van der Waals surface area contributed by atoms with Gasteiger partial charge in [0.1, 0.15) is 0 Å². The van der Waals surface area contributed by atoms with Crippen molar-refractivity contribution in [3.63, 3.8) is 0 Å². The van der Waals surface area contributed by atoms with Crippen molar-refractivity contribution in [2.45, 2.75) is 44.4 Å². The van der Waals surface area contributed by atoms with Gasteiger partial charge >= 0.3 is 0 Å². The normalized spacial score (nSPS) is 26.3. The highest BCUT2D eigenvalue weighted by molar-refractivity contribution is 5.60. The van der Waals surface area contributed by atoms with E-state index in [0.29, 0.717) is 24.9 Å². The molecule has 2 bridgehead atoms. The molecule has 2 saturated heterocycles. The number of likely N-dealkylation sites (tertiary alicyclic amines) is 1. The van der Waals surface area contributed by atoms with Crippen LogP contribution in [0.3, 0.4) is 0 Å². The number of piperidine rings is 2. The zero-order valence-corrected chi connectivity index (χ0v) is 17.5. The van der Waals surface area contributed by atoms with Crippen LogP contribution in [0.5, 0.6) is 0 Å². The van der Waals surface area contributed by atoms with Crippen LogP contribution in [0.25, 0.3) is 0 Å². The topological polar surface area (TPSA) is 86.5 Å². The number of nitrogens with zero attached hydrogens (tertiary/aromatic N) is 5. The second kappa shape index (κ2) is 8.00. The number of pyridine rings is 1. The first-order valence-electron chi connectivity index (χ1n) is 11.0. The first-order valence-corrected chi connectivity index (χ1v) is 11.0. The van der Waals surface area contributed by atoms with E-state index in [4.69, 9.17) is 0 Å². The third-order valence-corrected chi connectivity index (χ3v) is 6.77. The monoisotopic (exact) mass is 410 g/mol. The van der Waals surface area contributed by atoms with Crippen LogP contribution in [0.2, 0.25) is 0 Å². The molecule has 0 aliphatic carbocycles. The van der Waals surface area contributed by atoms with Gasteiger partial charge in [0.15, 0.2) is 11.6 Å². The summed E-state index contributed by atoms with van der Waals surface area (Å²) < 4.78 is 2.02. The fourth-order valence-corrected chi connectivity index (χ4v) is 5.44. The average molecular weight is 411 g/mol. The van der Waals surface area contributed by atoms with Crippen LogP contribution >= 0.6 is 0 Å². The molecule has 3 aliphatic heterocycles. The number of rotatable bonds is 4. The van der Waals surface area contributed by atoms with E-state index in [1.165, 1.54) is 0 Å². The molecule has 3 atom stereocenters. The highest BCUT2D eigenvalue weighted by atomic mass is 16.3. The molecule has 160 valence electrons. The molecular formula is C22H30N6O2. The van der Waals surface area contributed by atoms with Crippen LogP contribution < -0.4 is 15.8 Å². The molecule has 8 heteroatoms. The van der Waals surface area contributed by atoms with E-state index in [9.17, 15) is 9.90 Å². The summed E-state index contributed by atoms with van der Waals surface area (Å²) in [5, 5.41) is 13.1. The predicted molar refractivity (Wildman–Crippen MR) is 116 cm³/mol. The lowest BCUT2D eigenvalue weighted by atomic mass is 9.83. The molecular weight excluding hydrogens is 380 g/mol. The molecule has 0 radical (unpaired) electrons. The van der Waals surface area contributed by atoms with Gasteiger partial charge < -0.3 is 19.9 Å². The molecule has 0 unspecified atom stereocenters. The summed E-state index contributed by atoms with van der Waals surface area (Å²) in [6.07, 6.45) is 6.14. The van der Waals surface area contributed by atoms with Crippen molar-refractivity contribution < 1.29 is 5.11 Å². The van der Waals surface area contributed by atoms with Crippen molar-refractivity contribution >= 4 is 11.6 Å². The van der Waals surface area contributed by atoms with E-state index < -0.39 is 0 Å². The number of hydrogen-bond donors (Lipinski definition) is 2. The van der Waals surface area contributed by atoms with Gasteiger partial charge in [0.2, 0.25) is 0 Å². The van der Waals surface area contributed by atoms with Crippen LogP contribution in [0, 0.1) is 5.92 Å². The quantitative estimate of drug-likeness (QED) is 0.785. The largest absolute Gasteiger partial charge is 0.392 e. The lowest BCUT2D eigenvalue weighted by molar-refractivity contribution is 0.0665. The van der Waals surface area contributed by atoms with E-state index in [0.717, 1.165) is 68.3 Å². The maximum atomic E-state index is 13.3. The predicted octanol–water partition coefficient (Wildman–Crippen LogP) is 1.26. The average Bonchev–Trinajstić information content (AvgIpc) is 2.76. The van der Waals surface area contributed by atoms with Crippen molar-refractivity contribution in [2.24, 2.45) is 5.92 Å². The minimum atomic E-state index is -0.270. The van der Waals surface area contributed by atoms with Crippen molar-refractivity contribution in [1.29, 1.82) is 0 Å². The molecule has 3 aliphatic rings. The van der Waals surface area contributed by atoms with Gasteiger partial charge in [0.25, 0.3) is 5.56 Å². The van der Waals surface area contributed by atoms with E-state index in [1.54, 1.807) is 12.4 Å². The lowest BCUT2D eigenvalue weighted by Crippen LogP contribution is -2.48. The second-order valence-corrected chi connectivity index (χ2v) is 8.91. The van der Waals surface area contributed by atoms with Crippen molar-refractivity contribution in [2.75, 3.05) is 43.4 Å². The number of fused-ring (bicyclic) bond motifs is 4. The Bertz CT molecular complexity index is 976. The number of nitrogens with one attached hydrogen (secondary N) is 1. The summed E-state index contributed by atoms with van der Waals surface area (Å²) in [5.74, 6) is 2.44. The molecule has 0 saturated carbocycles. The zero-order valence-electron chi connectivity index (χ0n) is 17.5. The SMILES string of the molecule is CNc1nccnc1N1C[C@@H]2C[C@H](C1)c1ccc(CN3CCC[C@H](O)C3)c(=O)n1C2. The highest BCUT2D eigenvalue weighted by Crippen LogP contribution is 2.37. The van der Waals surface area contributed by atoms with Crippen LogP contribution in [-0.4, -0.2) is 63.9 Å². The van der Waals surface area contributed by atoms with Crippen LogP contribution in [0.1, 0.15) is 36.4 Å². The molecule has 30 heavy (non-hydrogen) atoms. The van der Waals surface area contributed by atoms with Crippen molar-refractivity contribution in [1.82, 2.24) is 19.4 Å². The number of hydrogen-bond acceptors (Lipinski definition) is 7. The van der Waals surface area contributed by atoms with E-state index in [1.807, 2.05) is 17.7 Å². The Morgan fingerprint density at radius 3 is 2.87 bits per heavy atom. The van der Waals surface area contributed by atoms with Crippen molar-refractivity contribution in [3.8, 4) is 0 Å². The van der Waals surface area contributed by atoms with Gasteiger partial charge in [-0.1, -0.05) is 6.07 Å². The third-order valence-electron chi connectivity index (χ3n) is 6.77. The Kier molecular flexibility index (Phi) is 5.20. The first-order chi connectivity index (χ1) is 14.6. The summed E-state index contributed by atoms with van der Waals surface area (Å²) in [7, 11) is 1.87. The number of β-amino-alcohol motifs (C(OH)–C–C–N with tert-alkyl or cyclic N) is 1. The van der Waals surface area contributed by atoms with Crippen LogP contribution in [-0.2, 0) is 13.1 Å². The van der Waals surface area contributed by atoms with Gasteiger partial charge in [-0.2, -0.15) is 0 Å². The van der Waals surface area contributed by atoms with Gasteiger partial charge in [-0.25, -0.2) is 9.97 Å². The zero-order chi connectivity index (χ0) is 20.7. The minimum absolute atomic E-state index is 0.145. The Morgan fingerprint density at radius 1 is 1.17 bits per heavy atom. The standard InChI is InChI=1S/C22H30N6O2/c1-23-20-21(25-7-6-24-20)27-10-15-9-17(13-27)19-5-4-16(22(30)28(19)11-15)12-26-8-2-3-18(29)14-26/h4-7,15,17-18,29H,2-3,8-14H2,1H3,(H,23,24)/t15-,17+,18-/m0/s1. The first kappa shape index (κ1) is 19.5. The molecule has 5 heterocycles. The molecule has 0 amide bonds. The fourth-order valence-electron chi connectivity index (χ4n) is 5.44. The molecule has 5 rings (SSSR count). The number of aliphatic hydroxyl groups excluding tert-OH is 1. The smallest absolute Gasteiger partial charge is 0.255 e. The summed E-state index contributed by atoms with van der Waals surface area (Å²) in [6, 6.07) is 4.16. The highest BCUT2D eigenvalue weighted by Gasteiger charge is 2.36. The Labute approximate surface area is 176 Å². The molecule has 2 fully saturated rings. The molecule has 8 nitrogen and oxygen atoms in total. The van der Waals surface area contributed by atoms with Crippen LogP contribution in [0.4, 0.5) is 11.6 Å². The summed E-state index contributed by atoms with van der Waals surface area (Å²) in [4.78, 5) is 26.8. The van der Waals surface area contributed by atoms with Gasteiger partial charge in [0, 0.05) is 69.3 Å². The summed E-state index contributed by atoms with van der Waals surface area (Å²) in [6.45, 7) is 4.73. The number of aromatic nitrogens is 3. The Hall–Kier alpha value is -2.45. The summed E-state index contributed by atoms with van der Waals surface area (Å²) >= 11 is 0.